The average Bonchev–Trinajstić information content (AvgIpc) is 3.55. The molecule has 0 unspecified atom stereocenters. The van der Waals surface area contributed by atoms with Crippen molar-refractivity contribution < 1.29 is 19.1 Å². The number of carbonyl (C=O) groups excluding carboxylic acids is 2. The number of hydrogen-bond acceptors (Lipinski definition) is 13. The quantitative estimate of drug-likeness (QED) is 0.117. The number of aromatic nitrogens is 5. The zero-order valence-corrected chi connectivity index (χ0v) is 31.1. The number of aryl methyl sites for hydroxylation is 1. The van der Waals surface area contributed by atoms with Crippen LogP contribution in [0.5, 0.6) is 0 Å². The zero-order chi connectivity index (χ0) is 38.2. The molecular formula is C39H45N11O4. The van der Waals surface area contributed by atoms with Gasteiger partial charge in [-0.2, -0.15) is 20.2 Å². The Bertz CT molecular complexity index is 2130. The molecule has 6 rings (SSSR count). The predicted octanol–water partition coefficient (Wildman–Crippen LogP) is 5.53. The second-order valence-corrected chi connectivity index (χ2v) is 14.2. The number of rotatable bonds is 12. The normalized spacial score (nSPS) is 13.9. The molecule has 1 aliphatic heterocycles. The van der Waals surface area contributed by atoms with Crippen molar-refractivity contribution in [1.29, 1.82) is 5.26 Å². The van der Waals surface area contributed by atoms with E-state index < -0.39 is 17.6 Å². The number of benzene rings is 3. The summed E-state index contributed by atoms with van der Waals surface area (Å²) in [6.45, 7) is 11.3. The number of esters is 1. The largest absolute Gasteiger partial charge is 0.467 e. The highest BCUT2D eigenvalue weighted by Crippen LogP contribution is 2.21. The van der Waals surface area contributed by atoms with Crippen LogP contribution in [0.15, 0.2) is 66.7 Å². The number of aromatic amines is 1. The Morgan fingerprint density at radius 2 is 1.67 bits per heavy atom. The minimum absolute atomic E-state index is 0.151. The summed E-state index contributed by atoms with van der Waals surface area (Å²) in [4.78, 5) is 51.4. The number of ether oxygens (including phenoxy) is 2. The number of amides is 1. The number of fused-ring (bicyclic) bond motifs is 1. The first-order valence-corrected chi connectivity index (χ1v) is 17.8. The molecule has 1 fully saturated rings. The van der Waals surface area contributed by atoms with Crippen molar-refractivity contribution in [2.45, 2.75) is 58.8 Å². The average molecular weight is 732 g/mol. The Morgan fingerprint density at radius 1 is 0.926 bits per heavy atom. The van der Waals surface area contributed by atoms with Gasteiger partial charge in [-0.25, -0.2) is 14.6 Å². The van der Waals surface area contributed by atoms with Gasteiger partial charge in [0, 0.05) is 44.8 Å². The molecule has 1 saturated heterocycles. The first kappa shape index (κ1) is 37.5. The summed E-state index contributed by atoms with van der Waals surface area (Å²) >= 11 is 0. The third-order valence-corrected chi connectivity index (χ3v) is 8.66. The van der Waals surface area contributed by atoms with Gasteiger partial charge in [0.15, 0.2) is 0 Å². The number of hydrogen-bond donors (Lipinski definition) is 4. The van der Waals surface area contributed by atoms with E-state index >= 15 is 0 Å². The summed E-state index contributed by atoms with van der Waals surface area (Å²) in [7, 11) is 1.33. The fourth-order valence-electron chi connectivity index (χ4n) is 5.98. The number of piperazine rings is 1. The van der Waals surface area contributed by atoms with E-state index in [1.165, 1.54) is 7.11 Å². The van der Waals surface area contributed by atoms with E-state index in [-0.39, 0.29) is 30.4 Å². The molecule has 0 aliphatic carbocycles. The maximum atomic E-state index is 13.0. The van der Waals surface area contributed by atoms with Crippen LogP contribution in [-0.4, -0.2) is 91.7 Å². The van der Waals surface area contributed by atoms with Crippen LogP contribution in [0.1, 0.15) is 48.8 Å². The minimum atomic E-state index is -0.830. The van der Waals surface area contributed by atoms with Gasteiger partial charge in [-0.15, -0.1) is 0 Å². The summed E-state index contributed by atoms with van der Waals surface area (Å²) in [6, 6.07) is 22.3. The Morgan fingerprint density at radius 3 is 2.39 bits per heavy atom. The molecule has 54 heavy (non-hydrogen) atoms. The number of anilines is 4. The summed E-state index contributed by atoms with van der Waals surface area (Å²) < 4.78 is 10.7. The number of imidazole rings is 1. The molecule has 1 atom stereocenters. The highest BCUT2D eigenvalue weighted by atomic mass is 16.6. The molecule has 1 amide bonds. The van der Waals surface area contributed by atoms with Crippen LogP contribution in [0.3, 0.4) is 0 Å². The first-order chi connectivity index (χ1) is 25.9. The molecule has 2 aromatic heterocycles. The second-order valence-electron chi connectivity index (χ2n) is 14.2. The van der Waals surface area contributed by atoms with Gasteiger partial charge >= 0.3 is 12.1 Å². The Hall–Kier alpha value is -6.27. The molecule has 3 aromatic carbocycles. The predicted molar refractivity (Wildman–Crippen MR) is 205 cm³/mol. The van der Waals surface area contributed by atoms with E-state index in [1.54, 1.807) is 29.2 Å². The number of nitrogens with zero attached hydrogens (tertiary/aromatic N) is 7. The molecule has 5 aromatic rings. The van der Waals surface area contributed by atoms with E-state index in [1.807, 2.05) is 64.1 Å². The molecule has 15 nitrogen and oxygen atoms in total. The van der Waals surface area contributed by atoms with Gasteiger partial charge < -0.3 is 35.3 Å². The summed E-state index contributed by atoms with van der Waals surface area (Å²) in [5.74, 6) is 0.861. The molecule has 4 N–H and O–H groups in total. The van der Waals surface area contributed by atoms with Gasteiger partial charge in [0.1, 0.15) is 17.5 Å². The molecule has 1 aliphatic rings. The number of H-pyrrole nitrogens is 1. The molecular weight excluding hydrogens is 687 g/mol. The van der Waals surface area contributed by atoms with Crippen molar-refractivity contribution in [3.05, 3.63) is 94.8 Å². The summed E-state index contributed by atoms with van der Waals surface area (Å²) in [5.41, 5.74) is 5.55. The SMILES string of the molecule is COC(=O)[C@H](Cc1ccc(C#N)cc1)Nc1nc(NCc2nc3cc(C)ccc3[nH]2)nc(Nc2cccc(CN3CCN(C(=O)OC(C)(C)C)CC3)c2)n1. The van der Waals surface area contributed by atoms with Crippen LogP contribution in [-0.2, 0) is 33.8 Å². The molecule has 0 bridgehead atoms. The fraction of sp³-hybridized carbons (Fsp3) is 0.359. The third kappa shape index (κ3) is 10.2. The lowest BCUT2D eigenvalue weighted by atomic mass is 10.0. The Labute approximate surface area is 314 Å². The van der Waals surface area contributed by atoms with Gasteiger partial charge in [-0.1, -0.05) is 30.3 Å². The van der Waals surface area contributed by atoms with Crippen LogP contribution in [0.25, 0.3) is 11.0 Å². The highest BCUT2D eigenvalue weighted by Gasteiger charge is 2.26. The topological polar surface area (TPSA) is 186 Å². The van der Waals surface area contributed by atoms with Crippen LogP contribution in [0, 0.1) is 18.3 Å². The molecule has 3 heterocycles. The van der Waals surface area contributed by atoms with Crippen molar-refractivity contribution in [3.8, 4) is 6.07 Å². The van der Waals surface area contributed by atoms with Crippen LogP contribution in [0.4, 0.5) is 28.3 Å². The van der Waals surface area contributed by atoms with Gasteiger partial charge in [0.05, 0.1) is 36.3 Å². The number of carbonyl (C=O) groups is 2. The van der Waals surface area contributed by atoms with Crippen LogP contribution < -0.4 is 16.0 Å². The lowest BCUT2D eigenvalue weighted by Gasteiger charge is -2.35. The van der Waals surface area contributed by atoms with Gasteiger partial charge in [-0.3, -0.25) is 4.90 Å². The molecule has 280 valence electrons. The standard InChI is InChI=1S/C39H45N11O4/c1-25-9-14-30-31(19-25)44-33(43-30)23-41-35-46-36(48-37(47-35)45-32(34(51)53-5)21-26-10-12-27(22-40)13-11-26)42-29-8-6-7-28(20-29)24-49-15-17-50(18-16-49)38(52)54-39(2,3)4/h6-14,19-20,32H,15-18,21,23-24H2,1-5H3,(H,43,44)(H3,41,42,45,46,47,48)/t32-/m0/s1. The number of nitrogens with one attached hydrogen (secondary N) is 4. The van der Waals surface area contributed by atoms with Crippen molar-refractivity contribution in [2.75, 3.05) is 49.2 Å². The van der Waals surface area contributed by atoms with E-state index in [0.29, 0.717) is 37.6 Å². The van der Waals surface area contributed by atoms with Crippen molar-refractivity contribution in [1.82, 2.24) is 34.7 Å². The van der Waals surface area contributed by atoms with E-state index in [0.717, 1.165) is 46.5 Å². The van der Waals surface area contributed by atoms with Crippen LogP contribution >= 0.6 is 0 Å². The van der Waals surface area contributed by atoms with E-state index in [4.69, 9.17) is 14.5 Å². The Balaban J connectivity index is 1.19. The number of nitriles is 1. The first-order valence-electron chi connectivity index (χ1n) is 17.8. The van der Waals surface area contributed by atoms with Gasteiger partial charge in [0.2, 0.25) is 17.8 Å². The molecule has 0 radical (unpaired) electrons. The molecule has 0 saturated carbocycles. The zero-order valence-electron chi connectivity index (χ0n) is 31.1. The maximum absolute atomic E-state index is 13.0. The van der Waals surface area contributed by atoms with Crippen LogP contribution in [0.2, 0.25) is 0 Å². The molecule has 15 heteroatoms. The van der Waals surface area contributed by atoms with Crippen molar-refractivity contribution in [2.24, 2.45) is 0 Å². The van der Waals surface area contributed by atoms with E-state index in [9.17, 15) is 14.9 Å². The lowest BCUT2D eigenvalue weighted by molar-refractivity contribution is -0.141. The highest BCUT2D eigenvalue weighted by molar-refractivity contribution is 5.79. The minimum Gasteiger partial charge on any atom is -0.467 e. The smallest absolute Gasteiger partial charge is 0.410 e. The van der Waals surface area contributed by atoms with Gasteiger partial charge in [-0.05, 0) is 80.8 Å². The number of methoxy groups -OCH3 is 1. The van der Waals surface area contributed by atoms with Crippen molar-refractivity contribution in [3.63, 3.8) is 0 Å². The summed E-state index contributed by atoms with van der Waals surface area (Å²) in [6.07, 6.45) is -0.0181. The second kappa shape index (κ2) is 16.6. The van der Waals surface area contributed by atoms with Gasteiger partial charge in [0.25, 0.3) is 0 Å². The summed E-state index contributed by atoms with van der Waals surface area (Å²) in [5, 5.41) is 18.9. The van der Waals surface area contributed by atoms with E-state index in [2.05, 4.69) is 52.9 Å². The molecule has 0 spiro atoms. The fourth-order valence-corrected chi connectivity index (χ4v) is 5.98. The Kier molecular flexibility index (Phi) is 11.5. The third-order valence-electron chi connectivity index (χ3n) is 8.66. The maximum Gasteiger partial charge on any atom is 0.410 e. The van der Waals surface area contributed by atoms with Crippen molar-refractivity contribution >= 4 is 46.6 Å². The lowest BCUT2D eigenvalue weighted by Crippen LogP contribution is -2.49. The monoisotopic (exact) mass is 731 g/mol.